The first kappa shape index (κ1) is 22.6. The topological polar surface area (TPSA) is 40.8 Å². The van der Waals surface area contributed by atoms with Gasteiger partial charge in [0.25, 0.3) is 0 Å². The number of fused-ring (bicyclic) bond motifs is 1. The van der Waals surface area contributed by atoms with E-state index in [1.54, 1.807) is 18.2 Å². The molecule has 4 heterocycles. The number of carbonyl (C=O) groups excluding carboxylic acids is 1. The van der Waals surface area contributed by atoms with Gasteiger partial charge in [-0.05, 0) is 41.0 Å². The summed E-state index contributed by atoms with van der Waals surface area (Å²) in [5, 5.41) is 0.998. The third kappa shape index (κ3) is 4.09. The minimum absolute atomic E-state index is 0.00188. The van der Waals surface area contributed by atoms with Crippen LogP contribution in [-0.4, -0.2) is 60.6 Å². The molecule has 0 radical (unpaired) electrons. The summed E-state index contributed by atoms with van der Waals surface area (Å²) in [6.45, 7) is 1.62. The van der Waals surface area contributed by atoms with Crippen molar-refractivity contribution in [3.8, 4) is 0 Å². The van der Waals surface area contributed by atoms with Gasteiger partial charge in [0.2, 0.25) is 5.91 Å². The second-order valence-corrected chi connectivity index (χ2v) is 8.91. The van der Waals surface area contributed by atoms with Gasteiger partial charge in [-0.2, -0.15) is 13.2 Å². The molecular weight excluding hydrogens is 448 g/mol. The largest absolute Gasteiger partial charge is 0.431 e. The van der Waals surface area contributed by atoms with Crippen molar-refractivity contribution in [3.05, 3.63) is 65.0 Å². The van der Waals surface area contributed by atoms with Gasteiger partial charge >= 0.3 is 6.18 Å². The smallest absolute Gasteiger partial charge is 0.350 e. The number of hydrogen-bond acceptors (Lipinski definition) is 3. The molecule has 0 unspecified atom stereocenters. The van der Waals surface area contributed by atoms with E-state index in [0.29, 0.717) is 23.4 Å². The predicted octanol–water partition coefficient (Wildman–Crippen LogP) is 4.67. The number of benzene rings is 1. The molecule has 1 fully saturated rings. The Kier molecular flexibility index (Phi) is 5.67. The monoisotopic (exact) mass is 472 g/mol. The van der Waals surface area contributed by atoms with Crippen LogP contribution in [-0.2, 0) is 11.8 Å². The van der Waals surface area contributed by atoms with Crippen LogP contribution in [0.4, 0.5) is 23.2 Å². The molecule has 34 heavy (non-hydrogen) atoms. The molecule has 0 aliphatic carbocycles. The van der Waals surface area contributed by atoms with Crippen LogP contribution in [0, 0.1) is 0 Å². The van der Waals surface area contributed by atoms with Crippen LogP contribution in [0.3, 0.4) is 0 Å². The van der Waals surface area contributed by atoms with Crippen LogP contribution in [0.1, 0.15) is 17.9 Å². The first-order valence-electron chi connectivity index (χ1n) is 11.1. The summed E-state index contributed by atoms with van der Waals surface area (Å²) in [7, 11) is 1.88. The number of aliphatic imine (C=N–C) groups is 1. The predicted molar refractivity (Wildman–Crippen MR) is 124 cm³/mol. The summed E-state index contributed by atoms with van der Waals surface area (Å²) < 4.78 is 56.2. The molecule has 1 aromatic carbocycles. The zero-order chi connectivity index (χ0) is 24.0. The fraction of sp³-hybridized carbons (Fsp3) is 0.360. The number of amides is 1. The fourth-order valence-corrected chi connectivity index (χ4v) is 4.93. The minimum atomic E-state index is -4.53. The van der Waals surface area contributed by atoms with Crippen molar-refractivity contribution in [3.63, 3.8) is 0 Å². The Morgan fingerprint density at radius 3 is 2.62 bits per heavy atom. The first-order chi connectivity index (χ1) is 16.2. The molecule has 1 aromatic heterocycles. The fourth-order valence-electron chi connectivity index (χ4n) is 4.93. The molecule has 0 bridgehead atoms. The van der Waals surface area contributed by atoms with Gasteiger partial charge in [0.05, 0.1) is 11.9 Å². The maximum Gasteiger partial charge on any atom is 0.431 e. The van der Waals surface area contributed by atoms with E-state index < -0.39 is 11.9 Å². The molecule has 9 heteroatoms. The average Bonchev–Trinajstić information content (AvgIpc) is 3.10. The van der Waals surface area contributed by atoms with E-state index >= 15 is 0 Å². The van der Waals surface area contributed by atoms with E-state index in [9.17, 15) is 22.4 Å². The number of rotatable bonds is 5. The van der Waals surface area contributed by atoms with Crippen molar-refractivity contribution >= 4 is 28.7 Å². The van der Waals surface area contributed by atoms with Crippen molar-refractivity contribution < 1.29 is 22.4 Å². The number of anilines is 1. The van der Waals surface area contributed by atoms with Crippen LogP contribution in [0.25, 0.3) is 10.9 Å². The van der Waals surface area contributed by atoms with E-state index in [1.165, 1.54) is 17.2 Å². The van der Waals surface area contributed by atoms with Crippen molar-refractivity contribution in [2.24, 2.45) is 12.0 Å². The van der Waals surface area contributed by atoms with E-state index in [-0.39, 0.29) is 31.5 Å². The number of likely N-dealkylation sites (tertiary alicyclic amines) is 1. The average molecular weight is 472 g/mol. The maximum absolute atomic E-state index is 13.9. The Morgan fingerprint density at radius 1 is 1.12 bits per heavy atom. The molecule has 0 N–H and O–H groups in total. The number of hydrogen-bond donors (Lipinski definition) is 0. The quantitative estimate of drug-likeness (QED) is 0.594. The lowest BCUT2D eigenvalue weighted by Gasteiger charge is -2.38. The van der Waals surface area contributed by atoms with Crippen LogP contribution in [0.5, 0.6) is 0 Å². The highest BCUT2D eigenvalue weighted by Crippen LogP contribution is 2.39. The summed E-state index contributed by atoms with van der Waals surface area (Å²) in [6, 6.07) is 5.37. The van der Waals surface area contributed by atoms with Crippen molar-refractivity contribution in [2.75, 3.05) is 37.8 Å². The lowest BCUT2D eigenvalue weighted by molar-refractivity contribution is -0.117. The van der Waals surface area contributed by atoms with Gasteiger partial charge in [0, 0.05) is 62.6 Å². The molecule has 5 nitrogen and oxygen atoms in total. The highest BCUT2D eigenvalue weighted by Gasteiger charge is 2.40. The lowest BCUT2D eigenvalue weighted by Crippen LogP contribution is -2.45. The van der Waals surface area contributed by atoms with Gasteiger partial charge < -0.3 is 9.47 Å². The third-order valence-electron chi connectivity index (χ3n) is 6.71. The second-order valence-electron chi connectivity index (χ2n) is 8.91. The normalized spacial score (nSPS) is 19.9. The standard InChI is InChI=1S/C25H24F4N4O/c1-31-15-21(18-12-32(13-18)9-7-26)20-4-3-19(11-22(20)31)33-14-17(2-5-23(33)25(27,28)29)16-6-8-30-24(34)10-16/h2-6,8,11,15,18H,7,9-10,12-14H2,1H3. The number of carbonyl (C=O) groups is 1. The van der Waals surface area contributed by atoms with Gasteiger partial charge in [-0.3, -0.25) is 9.69 Å². The number of aromatic nitrogens is 1. The molecule has 1 amide bonds. The van der Waals surface area contributed by atoms with Crippen LogP contribution >= 0.6 is 0 Å². The number of dihydropyridines is 1. The molecule has 0 saturated carbocycles. The van der Waals surface area contributed by atoms with Crippen LogP contribution < -0.4 is 4.90 Å². The van der Waals surface area contributed by atoms with Crippen LogP contribution in [0.15, 0.2) is 64.5 Å². The molecule has 5 rings (SSSR count). The van der Waals surface area contributed by atoms with Gasteiger partial charge in [-0.15, -0.1) is 0 Å². The summed E-state index contributed by atoms with van der Waals surface area (Å²) in [5.41, 5.74) is 2.99. The molecule has 3 aliphatic heterocycles. The SMILES string of the molecule is Cn1cc(C2CN(CCF)C2)c2ccc(N3CC(C4=CC=NC(=O)C4)=CC=C3C(F)(F)F)cc21. The van der Waals surface area contributed by atoms with Gasteiger partial charge in [-0.25, -0.2) is 9.38 Å². The highest BCUT2D eigenvalue weighted by molar-refractivity contribution is 5.95. The number of halogens is 4. The number of nitrogens with zero attached hydrogens (tertiary/aromatic N) is 4. The summed E-state index contributed by atoms with van der Waals surface area (Å²) in [5.74, 6) is -0.0249. The Labute approximate surface area is 194 Å². The van der Waals surface area contributed by atoms with Crippen LogP contribution in [0.2, 0.25) is 0 Å². The molecule has 2 aromatic rings. The Hall–Kier alpha value is -3.20. The second kappa shape index (κ2) is 8.54. The molecular formula is C25H24F4N4O. The zero-order valence-electron chi connectivity index (χ0n) is 18.6. The Morgan fingerprint density at radius 2 is 1.91 bits per heavy atom. The van der Waals surface area contributed by atoms with Gasteiger partial charge in [0.15, 0.2) is 0 Å². The molecule has 0 spiro atoms. The molecule has 0 atom stereocenters. The molecule has 178 valence electrons. The number of aryl methyl sites for hydroxylation is 1. The summed E-state index contributed by atoms with van der Waals surface area (Å²) >= 11 is 0. The van der Waals surface area contributed by atoms with Crippen molar-refractivity contribution in [1.29, 1.82) is 0 Å². The zero-order valence-corrected chi connectivity index (χ0v) is 18.6. The van der Waals surface area contributed by atoms with Crippen molar-refractivity contribution in [1.82, 2.24) is 9.47 Å². The number of allylic oxidation sites excluding steroid dienone is 4. The van der Waals surface area contributed by atoms with E-state index in [2.05, 4.69) is 9.89 Å². The van der Waals surface area contributed by atoms with E-state index in [1.807, 2.05) is 23.9 Å². The molecule has 3 aliphatic rings. The first-order valence-corrected chi connectivity index (χ1v) is 11.1. The molecule has 1 saturated heterocycles. The van der Waals surface area contributed by atoms with E-state index in [0.717, 1.165) is 35.6 Å². The summed E-state index contributed by atoms with van der Waals surface area (Å²) in [4.78, 5) is 18.7. The maximum atomic E-state index is 13.9. The summed E-state index contributed by atoms with van der Waals surface area (Å²) in [6.07, 6.45) is 3.15. The lowest BCUT2D eigenvalue weighted by atomic mass is 9.91. The minimum Gasteiger partial charge on any atom is -0.350 e. The highest BCUT2D eigenvalue weighted by atomic mass is 19.4. The van der Waals surface area contributed by atoms with Gasteiger partial charge in [0.1, 0.15) is 12.4 Å². The van der Waals surface area contributed by atoms with E-state index in [4.69, 9.17) is 0 Å². The van der Waals surface area contributed by atoms with Crippen molar-refractivity contribution in [2.45, 2.75) is 18.5 Å². The van der Waals surface area contributed by atoms with Gasteiger partial charge in [-0.1, -0.05) is 12.1 Å². The Bertz CT molecular complexity index is 1260. The number of alkyl halides is 4. The third-order valence-corrected chi connectivity index (χ3v) is 6.71. The Balaban J connectivity index is 1.48.